The number of hydrogen-bond donors (Lipinski definition) is 2. The largest absolute Gasteiger partial charge is 0.486 e. The molecule has 4 nitrogen and oxygen atoms in total. The highest BCUT2D eigenvalue weighted by molar-refractivity contribution is 5.44. The lowest BCUT2D eigenvalue weighted by Gasteiger charge is -2.24. The molecule has 2 aromatic carbocycles. The van der Waals surface area contributed by atoms with E-state index in [0.717, 1.165) is 22.6 Å². The quantitative estimate of drug-likeness (QED) is 0.891. The molecule has 1 aliphatic rings. The fourth-order valence-corrected chi connectivity index (χ4v) is 2.67. The summed E-state index contributed by atoms with van der Waals surface area (Å²) in [7, 11) is 0. The highest BCUT2D eigenvalue weighted by Crippen LogP contribution is 2.33. The fraction of sp³-hybridized carbons (Fsp3) is 0.333. The van der Waals surface area contributed by atoms with E-state index in [1.165, 1.54) is 0 Å². The van der Waals surface area contributed by atoms with Crippen molar-refractivity contribution < 1.29 is 14.6 Å². The van der Waals surface area contributed by atoms with E-state index in [4.69, 9.17) is 9.47 Å². The van der Waals surface area contributed by atoms with Gasteiger partial charge in [0, 0.05) is 6.04 Å². The van der Waals surface area contributed by atoms with Crippen LogP contribution in [0.4, 0.5) is 0 Å². The van der Waals surface area contributed by atoms with Crippen molar-refractivity contribution in [3.63, 3.8) is 0 Å². The highest BCUT2D eigenvalue weighted by atomic mass is 16.6. The molecular weight excluding hydrogens is 278 g/mol. The van der Waals surface area contributed by atoms with E-state index in [2.05, 4.69) is 12.2 Å². The van der Waals surface area contributed by atoms with E-state index < -0.39 is 0 Å². The minimum absolute atomic E-state index is 0.0545. The van der Waals surface area contributed by atoms with Gasteiger partial charge in [-0.2, -0.15) is 0 Å². The average molecular weight is 299 g/mol. The number of rotatable bonds is 5. The predicted molar refractivity (Wildman–Crippen MR) is 85.3 cm³/mol. The Kier molecular flexibility index (Phi) is 4.61. The van der Waals surface area contributed by atoms with Gasteiger partial charge in [-0.3, -0.25) is 0 Å². The molecule has 2 aromatic rings. The maximum Gasteiger partial charge on any atom is 0.161 e. The number of hydrogen-bond acceptors (Lipinski definition) is 4. The number of nitrogens with one attached hydrogen (secondary N) is 1. The van der Waals surface area contributed by atoms with Gasteiger partial charge in [0.1, 0.15) is 13.2 Å². The first-order chi connectivity index (χ1) is 10.8. The van der Waals surface area contributed by atoms with E-state index in [-0.39, 0.29) is 18.7 Å². The van der Waals surface area contributed by atoms with Crippen LogP contribution < -0.4 is 14.8 Å². The molecule has 1 heterocycles. The lowest BCUT2D eigenvalue weighted by Crippen LogP contribution is -2.27. The Balaban J connectivity index is 1.74. The Morgan fingerprint density at radius 2 is 1.73 bits per heavy atom. The van der Waals surface area contributed by atoms with Gasteiger partial charge < -0.3 is 19.9 Å². The van der Waals surface area contributed by atoms with Crippen LogP contribution in [0.1, 0.15) is 30.1 Å². The molecule has 0 bridgehead atoms. The SMILES string of the molecule is CC(NC(CO)c1ccccc1)c1ccc2c(c1)OCCO2. The molecular formula is C18H21NO3. The van der Waals surface area contributed by atoms with Gasteiger partial charge >= 0.3 is 0 Å². The van der Waals surface area contributed by atoms with E-state index in [9.17, 15) is 5.11 Å². The smallest absolute Gasteiger partial charge is 0.161 e. The van der Waals surface area contributed by atoms with Gasteiger partial charge in [0.05, 0.1) is 12.6 Å². The van der Waals surface area contributed by atoms with Crippen molar-refractivity contribution in [2.45, 2.75) is 19.0 Å². The summed E-state index contributed by atoms with van der Waals surface area (Å²) in [5.74, 6) is 1.58. The third kappa shape index (κ3) is 3.24. The third-order valence-corrected chi connectivity index (χ3v) is 3.90. The second-order valence-electron chi connectivity index (χ2n) is 5.44. The Morgan fingerprint density at radius 3 is 2.45 bits per heavy atom. The maximum atomic E-state index is 9.66. The molecule has 22 heavy (non-hydrogen) atoms. The Hall–Kier alpha value is -2.04. The fourth-order valence-electron chi connectivity index (χ4n) is 2.67. The van der Waals surface area contributed by atoms with Gasteiger partial charge in [0.25, 0.3) is 0 Å². The highest BCUT2D eigenvalue weighted by Gasteiger charge is 2.17. The van der Waals surface area contributed by atoms with Crippen molar-refractivity contribution in [2.75, 3.05) is 19.8 Å². The molecule has 0 radical (unpaired) electrons. The number of fused-ring (bicyclic) bond motifs is 1. The van der Waals surface area contributed by atoms with Crippen molar-refractivity contribution in [3.8, 4) is 11.5 Å². The Bertz CT molecular complexity index is 615. The molecule has 0 spiro atoms. The van der Waals surface area contributed by atoms with Gasteiger partial charge in [-0.15, -0.1) is 0 Å². The van der Waals surface area contributed by atoms with Crippen molar-refractivity contribution in [2.24, 2.45) is 0 Å². The minimum atomic E-state index is -0.0931. The molecule has 0 amide bonds. The molecule has 1 aliphatic heterocycles. The molecule has 2 atom stereocenters. The number of aliphatic hydroxyl groups is 1. The molecule has 2 N–H and O–H groups in total. The van der Waals surface area contributed by atoms with Crippen LogP contribution >= 0.6 is 0 Å². The molecule has 0 saturated heterocycles. The summed E-state index contributed by atoms with van der Waals surface area (Å²) in [5.41, 5.74) is 2.19. The Labute approximate surface area is 130 Å². The van der Waals surface area contributed by atoms with Crippen LogP contribution in [-0.4, -0.2) is 24.9 Å². The monoisotopic (exact) mass is 299 g/mol. The van der Waals surface area contributed by atoms with E-state index in [1.54, 1.807) is 0 Å². The number of benzene rings is 2. The second-order valence-corrected chi connectivity index (χ2v) is 5.44. The number of aliphatic hydroxyl groups excluding tert-OH is 1. The molecule has 0 saturated carbocycles. The van der Waals surface area contributed by atoms with Gasteiger partial charge in [-0.1, -0.05) is 36.4 Å². The van der Waals surface area contributed by atoms with Crippen molar-refractivity contribution in [3.05, 3.63) is 59.7 Å². The van der Waals surface area contributed by atoms with Crippen LogP contribution in [0.25, 0.3) is 0 Å². The summed E-state index contributed by atoms with van der Waals surface area (Å²) in [6.45, 7) is 3.32. The normalized spacial score (nSPS) is 16.1. The molecule has 116 valence electrons. The molecule has 2 unspecified atom stereocenters. The topological polar surface area (TPSA) is 50.7 Å². The first-order valence-electron chi connectivity index (χ1n) is 7.59. The first kappa shape index (κ1) is 14.9. The first-order valence-corrected chi connectivity index (χ1v) is 7.59. The third-order valence-electron chi connectivity index (χ3n) is 3.90. The van der Waals surface area contributed by atoms with Crippen LogP contribution in [0.2, 0.25) is 0 Å². The molecule has 4 heteroatoms. The second kappa shape index (κ2) is 6.81. The molecule has 0 aromatic heterocycles. The zero-order valence-electron chi connectivity index (χ0n) is 12.7. The maximum absolute atomic E-state index is 9.66. The molecule has 0 aliphatic carbocycles. The predicted octanol–water partition coefficient (Wildman–Crippen LogP) is 2.84. The molecule has 3 rings (SSSR count). The number of ether oxygens (including phenoxy) is 2. The van der Waals surface area contributed by atoms with Gasteiger partial charge in [-0.05, 0) is 30.2 Å². The zero-order valence-corrected chi connectivity index (χ0v) is 12.7. The lowest BCUT2D eigenvalue weighted by molar-refractivity contribution is 0.171. The summed E-state index contributed by atoms with van der Waals surface area (Å²) in [4.78, 5) is 0. The summed E-state index contributed by atoms with van der Waals surface area (Å²) in [6, 6.07) is 16.0. The average Bonchev–Trinajstić information content (AvgIpc) is 2.59. The summed E-state index contributed by atoms with van der Waals surface area (Å²) in [5, 5.41) is 13.1. The van der Waals surface area contributed by atoms with Crippen molar-refractivity contribution >= 4 is 0 Å². The van der Waals surface area contributed by atoms with E-state index in [0.29, 0.717) is 13.2 Å². The minimum Gasteiger partial charge on any atom is -0.486 e. The van der Waals surface area contributed by atoms with Crippen LogP contribution in [0.15, 0.2) is 48.5 Å². The summed E-state index contributed by atoms with van der Waals surface area (Å²) >= 11 is 0. The van der Waals surface area contributed by atoms with Crippen LogP contribution in [0, 0.1) is 0 Å². The van der Waals surface area contributed by atoms with Crippen LogP contribution in [-0.2, 0) is 0 Å². The van der Waals surface area contributed by atoms with Gasteiger partial charge in [-0.25, -0.2) is 0 Å². The van der Waals surface area contributed by atoms with Gasteiger partial charge in [0.2, 0.25) is 0 Å². The Morgan fingerprint density at radius 1 is 1.00 bits per heavy atom. The van der Waals surface area contributed by atoms with Crippen LogP contribution in [0.3, 0.4) is 0 Å². The van der Waals surface area contributed by atoms with Crippen molar-refractivity contribution in [1.29, 1.82) is 0 Å². The van der Waals surface area contributed by atoms with Crippen molar-refractivity contribution in [1.82, 2.24) is 5.32 Å². The summed E-state index contributed by atoms with van der Waals surface area (Å²) < 4.78 is 11.2. The summed E-state index contributed by atoms with van der Waals surface area (Å²) in [6.07, 6.45) is 0. The van der Waals surface area contributed by atoms with Crippen LogP contribution in [0.5, 0.6) is 11.5 Å². The van der Waals surface area contributed by atoms with Gasteiger partial charge in [0.15, 0.2) is 11.5 Å². The lowest BCUT2D eigenvalue weighted by atomic mass is 10.0. The molecule has 0 fully saturated rings. The standard InChI is InChI=1S/C18H21NO3/c1-13(19-16(12-20)14-5-3-2-4-6-14)15-7-8-17-18(11-15)22-10-9-21-17/h2-8,11,13,16,19-20H,9-10,12H2,1H3. The zero-order chi connectivity index (χ0) is 15.4. The van der Waals surface area contributed by atoms with E-state index >= 15 is 0 Å². The van der Waals surface area contributed by atoms with E-state index in [1.807, 2.05) is 48.5 Å².